The fourth-order valence-corrected chi connectivity index (χ4v) is 3.21. The van der Waals surface area contributed by atoms with Crippen LogP contribution in [0.15, 0.2) is 48.5 Å². The van der Waals surface area contributed by atoms with Crippen molar-refractivity contribution in [2.24, 2.45) is 0 Å². The third-order valence-corrected chi connectivity index (χ3v) is 4.56. The fraction of sp³-hybridized carbons (Fsp3) is 0.350. The van der Waals surface area contributed by atoms with Gasteiger partial charge in [0.2, 0.25) is 0 Å². The van der Waals surface area contributed by atoms with Gasteiger partial charge in [-0.15, -0.1) is 0 Å². The molecular formula is C20H21F3N2O2. The minimum absolute atomic E-state index is 0.221. The summed E-state index contributed by atoms with van der Waals surface area (Å²) in [6.45, 7) is 2.96. The molecule has 2 aromatic rings. The average molecular weight is 378 g/mol. The van der Waals surface area contributed by atoms with Crippen LogP contribution in [0.1, 0.15) is 21.5 Å². The predicted octanol–water partition coefficient (Wildman–Crippen LogP) is 3.81. The Kier molecular flexibility index (Phi) is 5.70. The van der Waals surface area contributed by atoms with E-state index in [1.54, 1.807) is 0 Å². The third-order valence-electron chi connectivity index (χ3n) is 4.56. The van der Waals surface area contributed by atoms with Crippen LogP contribution in [0, 0.1) is 0 Å². The quantitative estimate of drug-likeness (QED) is 0.811. The highest BCUT2D eigenvalue weighted by molar-refractivity contribution is 5.95. The number of carbonyl (C=O) groups excluding carboxylic acids is 1. The molecule has 1 saturated heterocycles. The second-order valence-electron chi connectivity index (χ2n) is 6.43. The molecule has 0 unspecified atom stereocenters. The second kappa shape index (κ2) is 8.00. The highest BCUT2D eigenvalue weighted by atomic mass is 19.4. The number of hydrogen-bond acceptors (Lipinski definition) is 3. The van der Waals surface area contributed by atoms with Crippen LogP contribution in [0.2, 0.25) is 0 Å². The second-order valence-corrected chi connectivity index (χ2v) is 6.43. The number of amides is 1. The maximum atomic E-state index is 13.2. The molecule has 2 aromatic carbocycles. The van der Waals surface area contributed by atoms with E-state index in [-0.39, 0.29) is 12.1 Å². The SMILES string of the molecule is CN(Cc1ccccc1N1CCOCC1)C(=O)c1ccccc1C(F)(F)F. The molecule has 0 spiro atoms. The Morgan fingerprint density at radius 3 is 2.41 bits per heavy atom. The first-order chi connectivity index (χ1) is 12.9. The van der Waals surface area contributed by atoms with Crippen LogP contribution in [-0.4, -0.2) is 44.2 Å². The Morgan fingerprint density at radius 1 is 1.07 bits per heavy atom. The molecule has 0 bridgehead atoms. The van der Waals surface area contributed by atoms with Crippen molar-refractivity contribution in [2.75, 3.05) is 38.3 Å². The fourth-order valence-electron chi connectivity index (χ4n) is 3.21. The van der Waals surface area contributed by atoms with Gasteiger partial charge in [0.25, 0.3) is 5.91 Å². The Morgan fingerprint density at radius 2 is 1.70 bits per heavy atom. The topological polar surface area (TPSA) is 32.8 Å². The highest BCUT2D eigenvalue weighted by Gasteiger charge is 2.35. The largest absolute Gasteiger partial charge is 0.417 e. The van der Waals surface area contributed by atoms with Crippen molar-refractivity contribution in [1.82, 2.24) is 4.90 Å². The molecule has 1 amide bonds. The van der Waals surface area contributed by atoms with Crippen molar-refractivity contribution in [3.63, 3.8) is 0 Å². The molecule has 4 nitrogen and oxygen atoms in total. The number of hydrogen-bond donors (Lipinski definition) is 0. The number of para-hydroxylation sites is 1. The van der Waals surface area contributed by atoms with E-state index in [9.17, 15) is 18.0 Å². The zero-order valence-corrected chi connectivity index (χ0v) is 15.0. The van der Waals surface area contributed by atoms with Crippen LogP contribution in [0.5, 0.6) is 0 Å². The summed E-state index contributed by atoms with van der Waals surface area (Å²) in [6, 6.07) is 12.5. The molecule has 0 atom stereocenters. The molecule has 3 rings (SSSR count). The third kappa shape index (κ3) is 4.42. The number of benzene rings is 2. The van der Waals surface area contributed by atoms with E-state index >= 15 is 0 Å². The number of carbonyl (C=O) groups is 1. The number of rotatable bonds is 4. The Bertz CT molecular complexity index is 802. The molecule has 27 heavy (non-hydrogen) atoms. The maximum absolute atomic E-state index is 13.2. The van der Waals surface area contributed by atoms with Crippen molar-refractivity contribution >= 4 is 11.6 Å². The number of halogens is 3. The molecule has 1 aliphatic heterocycles. The van der Waals surface area contributed by atoms with Crippen LogP contribution in [-0.2, 0) is 17.5 Å². The smallest absolute Gasteiger partial charge is 0.378 e. The van der Waals surface area contributed by atoms with Crippen LogP contribution < -0.4 is 4.90 Å². The maximum Gasteiger partial charge on any atom is 0.417 e. The lowest BCUT2D eigenvalue weighted by atomic mass is 10.1. The molecule has 7 heteroatoms. The number of anilines is 1. The standard InChI is InChI=1S/C20H21F3N2O2/c1-24(19(26)16-7-3-4-8-17(16)20(21,22)23)14-15-6-2-5-9-18(15)25-10-12-27-13-11-25/h2-9H,10-14H2,1H3. The minimum atomic E-state index is -4.57. The first-order valence-electron chi connectivity index (χ1n) is 8.70. The van der Waals surface area contributed by atoms with Gasteiger partial charge >= 0.3 is 6.18 Å². The molecule has 0 N–H and O–H groups in total. The lowest BCUT2D eigenvalue weighted by molar-refractivity contribution is -0.138. The molecule has 144 valence electrons. The van der Waals surface area contributed by atoms with E-state index in [2.05, 4.69) is 4.90 Å². The Balaban J connectivity index is 1.82. The average Bonchev–Trinajstić information content (AvgIpc) is 2.68. The van der Waals surface area contributed by atoms with E-state index < -0.39 is 17.6 Å². The summed E-state index contributed by atoms with van der Waals surface area (Å²) in [5.41, 5.74) is 0.615. The molecular weight excluding hydrogens is 357 g/mol. The van der Waals surface area contributed by atoms with Crippen molar-refractivity contribution in [3.8, 4) is 0 Å². The number of ether oxygens (including phenoxy) is 1. The van der Waals surface area contributed by atoms with Gasteiger partial charge in [-0.1, -0.05) is 30.3 Å². The van der Waals surface area contributed by atoms with Crippen molar-refractivity contribution < 1.29 is 22.7 Å². The molecule has 0 saturated carbocycles. The summed E-state index contributed by atoms with van der Waals surface area (Å²) in [5.74, 6) is -0.653. The lowest BCUT2D eigenvalue weighted by Gasteiger charge is -2.31. The van der Waals surface area contributed by atoms with Gasteiger partial charge in [0, 0.05) is 32.4 Å². The molecule has 0 aliphatic carbocycles. The number of nitrogens with zero attached hydrogens (tertiary/aromatic N) is 2. The monoisotopic (exact) mass is 378 g/mol. The zero-order chi connectivity index (χ0) is 19.4. The van der Waals surface area contributed by atoms with Crippen LogP contribution in [0.4, 0.5) is 18.9 Å². The summed E-state index contributed by atoms with van der Waals surface area (Å²) in [6.07, 6.45) is -4.57. The van der Waals surface area contributed by atoms with Gasteiger partial charge in [-0.2, -0.15) is 13.2 Å². The van der Waals surface area contributed by atoms with Crippen molar-refractivity contribution in [2.45, 2.75) is 12.7 Å². The molecule has 1 fully saturated rings. The van der Waals surface area contributed by atoms with Crippen molar-refractivity contribution in [3.05, 3.63) is 65.2 Å². The van der Waals surface area contributed by atoms with Gasteiger partial charge in [-0.05, 0) is 23.8 Å². The zero-order valence-electron chi connectivity index (χ0n) is 15.0. The van der Waals surface area contributed by atoms with Crippen LogP contribution in [0.3, 0.4) is 0 Å². The van der Waals surface area contributed by atoms with Gasteiger partial charge in [0.15, 0.2) is 0 Å². The molecule has 1 heterocycles. The molecule has 0 radical (unpaired) electrons. The van der Waals surface area contributed by atoms with Gasteiger partial charge in [0.05, 0.1) is 24.3 Å². The van der Waals surface area contributed by atoms with Crippen molar-refractivity contribution in [1.29, 1.82) is 0 Å². The number of morpholine rings is 1. The van der Waals surface area contributed by atoms with E-state index in [1.807, 2.05) is 24.3 Å². The Hall–Kier alpha value is -2.54. The Labute approximate surface area is 156 Å². The van der Waals surface area contributed by atoms with E-state index in [1.165, 1.54) is 30.1 Å². The molecule has 1 aliphatic rings. The van der Waals surface area contributed by atoms with Crippen LogP contribution >= 0.6 is 0 Å². The summed E-state index contributed by atoms with van der Waals surface area (Å²) in [4.78, 5) is 16.2. The first-order valence-corrected chi connectivity index (χ1v) is 8.70. The number of alkyl halides is 3. The predicted molar refractivity (Wildman–Crippen MR) is 96.7 cm³/mol. The summed E-state index contributed by atoms with van der Waals surface area (Å²) in [5, 5.41) is 0. The van der Waals surface area contributed by atoms with E-state index in [0.717, 1.165) is 30.4 Å². The van der Waals surface area contributed by atoms with Gasteiger partial charge in [0.1, 0.15) is 0 Å². The minimum Gasteiger partial charge on any atom is -0.378 e. The van der Waals surface area contributed by atoms with Crippen LogP contribution in [0.25, 0.3) is 0 Å². The van der Waals surface area contributed by atoms with Gasteiger partial charge < -0.3 is 14.5 Å². The molecule has 0 aromatic heterocycles. The highest BCUT2D eigenvalue weighted by Crippen LogP contribution is 2.32. The lowest BCUT2D eigenvalue weighted by Crippen LogP contribution is -2.37. The van der Waals surface area contributed by atoms with E-state index in [4.69, 9.17) is 4.74 Å². The summed E-state index contributed by atoms with van der Waals surface area (Å²) in [7, 11) is 1.52. The summed E-state index contributed by atoms with van der Waals surface area (Å²) >= 11 is 0. The first kappa shape index (κ1) is 19.2. The van der Waals surface area contributed by atoms with Gasteiger partial charge in [-0.25, -0.2) is 0 Å². The normalized spacial score (nSPS) is 14.9. The van der Waals surface area contributed by atoms with E-state index in [0.29, 0.717) is 13.2 Å². The van der Waals surface area contributed by atoms with Gasteiger partial charge in [-0.3, -0.25) is 4.79 Å². The summed E-state index contributed by atoms with van der Waals surface area (Å²) < 4.78 is 45.0.